The van der Waals surface area contributed by atoms with Gasteiger partial charge in [0.2, 0.25) is 0 Å². The van der Waals surface area contributed by atoms with E-state index >= 15 is 0 Å². The molecule has 0 aliphatic rings. The number of hydrogen-bond acceptors (Lipinski definition) is 4. The van der Waals surface area contributed by atoms with Gasteiger partial charge < -0.3 is 10.1 Å². The Bertz CT molecular complexity index is 700. The fourth-order valence-electron chi connectivity index (χ4n) is 2.21. The molecular weight excluding hydrogens is 304 g/mol. The average molecular weight is 326 g/mol. The van der Waals surface area contributed by atoms with Crippen molar-refractivity contribution in [1.82, 2.24) is 15.1 Å². The summed E-state index contributed by atoms with van der Waals surface area (Å²) >= 11 is 0. The predicted molar refractivity (Wildman–Crippen MR) is 90.3 cm³/mol. The number of nitrogens with zero attached hydrogens (tertiary/aromatic N) is 3. The Kier molecular flexibility index (Phi) is 5.59. The number of benzene rings is 1. The highest BCUT2D eigenvalue weighted by atomic mass is 16.5. The van der Waals surface area contributed by atoms with E-state index in [0.29, 0.717) is 17.9 Å². The summed E-state index contributed by atoms with van der Waals surface area (Å²) in [5.74, 6) is 0.623. The maximum Gasteiger partial charge on any atom is 0.263 e. The minimum absolute atomic E-state index is 0.181. The minimum atomic E-state index is -1.00. The van der Waals surface area contributed by atoms with Gasteiger partial charge in [-0.25, -0.2) is 0 Å². The summed E-state index contributed by atoms with van der Waals surface area (Å²) in [6, 6.07) is 10.6. The van der Waals surface area contributed by atoms with Crippen molar-refractivity contribution in [3.05, 3.63) is 48.3 Å². The second-order valence-corrected chi connectivity index (χ2v) is 6.29. The molecule has 0 aliphatic heterocycles. The zero-order valence-electron chi connectivity index (χ0n) is 14.2. The van der Waals surface area contributed by atoms with Crippen LogP contribution in [-0.4, -0.2) is 27.8 Å². The van der Waals surface area contributed by atoms with Crippen molar-refractivity contribution >= 4 is 5.91 Å². The molecule has 0 spiro atoms. The number of rotatable bonds is 7. The second-order valence-electron chi connectivity index (χ2n) is 6.29. The number of hydrogen-bond donors (Lipinski definition) is 1. The van der Waals surface area contributed by atoms with E-state index in [1.54, 1.807) is 44.3 Å². The average Bonchev–Trinajstić information content (AvgIpc) is 3.05. The molecule has 6 nitrogen and oxygen atoms in total. The quantitative estimate of drug-likeness (QED) is 0.847. The normalized spacial score (nSPS) is 12.2. The third-order valence-electron chi connectivity index (χ3n) is 3.57. The lowest BCUT2D eigenvalue weighted by atomic mass is 10.1. The van der Waals surface area contributed by atoms with Gasteiger partial charge in [-0.05, 0) is 50.1 Å². The van der Waals surface area contributed by atoms with Gasteiger partial charge in [-0.2, -0.15) is 10.4 Å². The SMILES string of the molecule is C[C@H](CNC(=O)C(C)(C)Oc1ccc(C#N)cc1)Cn1cccn1. The number of nitrogens with one attached hydrogen (secondary N) is 1. The molecule has 0 saturated carbocycles. The van der Waals surface area contributed by atoms with Crippen LogP contribution >= 0.6 is 0 Å². The predicted octanol–water partition coefficient (Wildman–Crippen LogP) is 2.36. The van der Waals surface area contributed by atoms with Crippen molar-refractivity contribution in [3.8, 4) is 11.8 Å². The van der Waals surface area contributed by atoms with Gasteiger partial charge in [0.05, 0.1) is 11.6 Å². The maximum atomic E-state index is 12.4. The smallest absolute Gasteiger partial charge is 0.263 e. The fraction of sp³-hybridized carbons (Fsp3) is 0.389. The van der Waals surface area contributed by atoms with Gasteiger partial charge in [0, 0.05) is 25.5 Å². The first-order valence-electron chi connectivity index (χ1n) is 7.85. The van der Waals surface area contributed by atoms with Crippen LogP contribution in [-0.2, 0) is 11.3 Å². The van der Waals surface area contributed by atoms with E-state index in [1.807, 2.05) is 23.0 Å². The highest BCUT2D eigenvalue weighted by Crippen LogP contribution is 2.19. The number of carbonyl (C=O) groups is 1. The van der Waals surface area contributed by atoms with E-state index in [1.165, 1.54) is 0 Å². The van der Waals surface area contributed by atoms with Gasteiger partial charge in [-0.1, -0.05) is 6.92 Å². The van der Waals surface area contributed by atoms with Crippen molar-refractivity contribution in [1.29, 1.82) is 5.26 Å². The molecule has 24 heavy (non-hydrogen) atoms. The molecule has 1 aromatic carbocycles. The Morgan fingerprint density at radius 1 is 1.42 bits per heavy atom. The van der Waals surface area contributed by atoms with Crippen LogP contribution in [0.4, 0.5) is 0 Å². The summed E-state index contributed by atoms with van der Waals surface area (Å²) in [7, 11) is 0. The largest absolute Gasteiger partial charge is 0.478 e. The third kappa shape index (κ3) is 4.85. The van der Waals surface area contributed by atoms with E-state index in [-0.39, 0.29) is 11.8 Å². The molecule has 2 rings (SSSR count). The second kappa shape index (κ2) is 7.64. The first-order chi connectivity index (χ1) is 11.4. The minimum Gasteiger partial charge on any atom is -0.478 e. The molecule has 1 aromatic heterocycles. The monoisotopic (exact) mass is 326 g/mol. The molecule has 2 aromatic rings. The van der Waals surface area contributed by atoms with Gasteiger partial charge >= 0.3 is 0 Å². The van der Waals surface area contributed by atoms with Crippen LogP contribution in [0.1, 0.15) is 26.3 Å². The lowest BCUT2D eigenvalue weighted by Crippen LogP contribution is -2.47. The molecule has 0 radical (unpaired) electrons. The van der Waals surface area contributed by atoms with Crippen LogP contribution in [0.3, 0.4) is 0 Å². The molecule has 0 bridgehead atoms. The van der Waals surface area contributed by atoms with Gasteiger partial charge in [0.15, 0.2) is 5.60 Å². The van der Waals surface area contributed by atoms with Crippen LogP contribution in [0, 0.1) is 17.2 Å². The lowest BCUT2D eigenvalue weighted by molar-refractivity contribution is -0.134. The molecular formula is C18H22N4O2. The van der Waals surface area contributed by atoms with Crippen molar-refractivity contribution in [2.24, 2.45) is 5.92 Å². The zero-order valence-corrected chi connectivity index (χ0v) is 14.2. The molecule has 0 fully saturated rings. The highest BCUT2D eigenvalue weighted by Gasteiger charge is 2.30. The Labute approximate surface area is 142 Å². The Morgan fingerprint density at radius 2 is 2.12 bits per heavy atom. The molecule has 1 atom stereocenters. The van der Waals surface area contributed by atoms with E-state index < -0.39 is 5.60 Å². The topological polar surface area (TPSA) is 79.9 Å². The third-order valence-corrected chi connectivity index (χ3v) is 3.57. The van der Waals surface area contributed by atoms with Crippen molar-refractivity contribution in [2.45, 2.75) is 32.9 Å². The van der Waals surface area contributed by atoms with Crippen LogP contribution in [0.25, 0.3) is 0 Å². The van der Waals surface area contributed by atoms with Gasteiger partial charge in [-0.3, -0.25) is 9.48 Å². The van der Waals surface area contributed by atoms with Crippen LogP contribution in [0.2, 0.25) is 0 Å². The molecule has 1 heterocycles. The van der Waals surface area contributed by atoms with Gasteiger partial charge in [0.1, 0.15) is 5.75 Å². The Morgan fingerprint density at radius 3 is 2.71 bits per heavy atom. The lowest BCUT2D eigenvalue weighted by Gasteiger charge is -2.26. The van der Waals surface area contributed by atoms with Crippen molar-refractivity contribution in [3.63, 3.8) is 0 Å². The Hall–Kier alpha value is -2.81. The van der Waals surface area contributed by atoms with E-state index in [4.69, 9.17) is 10.00 Å². The van der Waals surface area contributed by atoms with Crippen LogP contribution in [0.15, 0.2) is 42.7 Å². The molecule has 1 amide bonds. The van der Waals surface area contributed by atoms with Crippen LogP contribution in [0.5, 0.6) is 5.75 Å². The van der Waals surface area contributed by atoms with Gasteiger partial charge in [0.25, 0.3) is 5.91 Å². The van der Waals surface area contributed by atoms with Crippen LogP contribution < -0.4 is 10.1 Å². The van der Waals surface area contributed by atoms with Gasteiger partial charge in [-0.15, -0.1) is 0 Å². The molecule has 126 valence electrons. The summed E-state index contributed by atoms with van der Waals surface area (Å²) in [5, 5.41) is 15.9. The summed E-state index contributed by atoms with van der Waals surface area (Å²) in [5.41, 5.74) is -0.448. The van der Waals surface area contributed by atoms with E-state index in [9.17, 15) is 4.79 Å². The molecule has 0 aliphatic carbocycles. The number of ether oxygens (including phenoxy) is 1. The van der Waals surface area contributed by atoms with E-state index in [0.717, 1.165) is 6.54 Å². The molecule has 6 heteroatoms. The maximum absolute atomic E-state index is 12.4. The number of nitriles is 1. The number of carbonyl (C=O) groups excluding carboxylic acids is 1. The first kappa shape index (κ1) is 17.5. The van der Waals surface area contributed by atoms with E-state index in [2.05, 4.69) is 17.3 Å². The standard InChI is InChI=1S/C18H22N4O2/c1-14(13-22-10-4-9-21-22)12-20-17(23)18(2,3)24-16-7-5-15(11-19)6-8-16/h4-10,14H,12-13H2,1-3H3,(H,20,23)/t14-/m1/s1. The highest BCUT2D eigenvalue weighted by molar-refractivity contribution is 5.84. The van der Waals surface area contributed by atoms with Crippen molar-refractivity contribution < 1.29 is 9.53 Å². The summed E-state index contributed by atoms with van der Waals surface area (Å²) in [6.45, 7) is 6.77. The summed E-state index contributed by atoms with van der Waals surface area (Å²) in [4.78, 5) is 12.4. The number of amides is 1. The van der Waals surface area contributed by atoms with Crippen molar-refractivity contribution in [2.75, 3.05) is 6.54 Å². The molecule has 1 N–H and O–H groups in total. The number of aromatic nitrogens is 2. The molecule has 0 saturated heterocycles. The molecule has 0 unspecified atom stereocenters. The summed E-state index contributed by atoms with van der Waals surface area (Å²) in [6.07, 6.45) is 3.64. The summed E-state index contributed by atoms with van der Waals surface area (Å²) < 4.78 is 7.60. The fourth-order valence-corrected chi connectivity index (χ4v) is 2.21. The first-order valence-corrected chi connectivity index (χ1v) is 7.85. The zero-order chi connectivity index (χ0) is 17.6. The Balaban J connectivity index is 1.86.